The highest BCUT2D eigenvalue weighted by molar-refractivity contribution is 5.30. The number of hydrogen-bond acceptors (Lipinski definition) is 2. The van der Waals surface area contributed by atoms with Gasteiger partial charge in [-0.1, -0.05) is 30.4 Å². The molecule has 2 heterocycles. The van der Waals surface area contributed by atoms with Crippen molar-refractivity contribution in [3.05, 3.63) is 72.4 Å². The van der Waals surface area contributed by atoms with E-state index in [9.17, 15) is 0 Å². The zero-order valence-corrected chi connectivity index (χ0v) is 9.40. The van der Waals surface area contributed by atoms with E-state index in [0.29, 0.717) is 5.92 Å². The van der Waals surface area contributed by atoms with Crippen molar-refractivity contribution in [1.29, 1.82) is 0 Å². The van der Waals surface area contributed by atoms with Crippen LogP contribution in [0.15, 0.2) is 61.0 Å². The van der Waals surface area contributed by atoms with Gasteiger partial charge in [0.05, 0.1) is 17.9 Å². The first-order valence-electron chi connectivity index (χ1n) is 5.70. The fourth-order valence-corrected chi connectivity index (χ4v) is 1.93. The Morgan fingerprint density at radius 2 is 2.00 bits per heavy atom. The second-order valence-corrected chi connectivity index (χ2v) is 4.05. The van der Waals surface area contributed by atoms with Gasteiger partial charge in [0.25, 0.3) is 0 Å². The predicted octanol–water partition coefficient (Wildman–Crippen LogP) is 2.54. The van der Waals surface area contributed by atoms with Crippen LogP contribution < -0.4 is 0 Å². The molecule has 0 saturated carbocycles. The maximum atomic E-state index is 4.56. The van der Waals surface area contributed by atoms with E-state index in [1.807, 2.05) is 35.3 Å². The number of pyridine rings is 1. The van der Waals surface area contributed by atoms with Crippen LogP contribution in [0.25, 0.3) is 0 Å². The van der Waals surface area contributed by atoms with E-state index in [2.05, 4.69) is 40.5 Å². The minimum Gasteiger partial charge on any atom is -0.266 e. The van der Waals surface area contributed by atoms with Crippen LogP contribution in [0.4, 0.5) is 0 Å². The van der Waals surface area contributed by atoms with Gasteiger partial charge < -0.3 is 0 Å². The Morgan fingerprint density at radius 3 is 2.76 bits per heavy atom. The zero-order valence-electron chi connectivity index (χ0n) is 9.40. The van der Waals surface area contributed by atoms with Crippen molar-refractivity contribution in [3.8, 4) is 0 Å². The van der Waals surface area contributed by atoms with Crippen molar-refractivity contribution in [1.82, 2.24) is 14.8 Å². The highest BCUT2D eigenvalue weighted by Gasteiger charge is 2.10. The maximum absolute atomic E-state index is 4.56. The molecular weight excluding hydrogens is 210 g/mol. The van der Waals surface area contributed by atoms with Crippen LogP contribution in [0.1, 0.15) is 17.3 Å². The van der Waals surface area contributed by atoms with Gasteiger partial charge in [0.15, 0.2) is 0 Å². The zero-order chi connectivity index (χ0) is 11.5. The van der Waals surface area contributed by atoms with Gasteiger partial charge in [-0.3, -0.25) is 9.67 Å². The van der Waals surface area contributed by atoms with Crippen molar-refractivity contribution in [2.24, 2.45) is 0 Å². The van der Waals surface area contributed by atoms with Gasteiger partial charge in [-0.15, -0.1) is 0 Å². The molecular formula is C14H13N3. The first kappa shape index (κ1) is 10.0. The molecule has 0 bridgehead atoms. The third kappa shape index (κ3) is 2.18. The van der Waals surface area contributed by atoms with Crippen LogP contribution in [-0.2, 0) is 6.54 Å². The van der Waals surface area contributed by atoms with E-state index in [0.717, 1.165) is 17.9 Å². The summed E-state index contributed by atoms with van der Waals surface area (Å²) in [5.41, 5.74) is 2.12. The summed E-state index contributed by atoms with van der Waals surface area (Å²) in [6.45, 7) is 0.723. The molecule has 3 heteroatoms. The van der Waals surface area contributed by atoms with Gasteiger partial charge >= 0.3 is 0 Å². The summed E-state index contributed by atoms with van der Waals surface area (Å²) in [6.07, 6.45) is 12.2. The molecule has 0 unspecified atom stereocenters. The molecule has 3 rings (SSSR count). The summed E-state index contributed by atoms with van der Waals surface area (Å²) < 4.78 is 1.93. The van der Waals surface area contributed by atoms with Crippen molar-refractivity contribution in [2.75, 3.05) is 0 Å². The van der Waals surface area contributed by atoms with Crippen LogP contribution in [0, 0.1) is 0 Å². The number of hydrogen-bond donors (Lipinski definition) is 0. The quantitative estimate of drug-likeness (QED) is 0.800. The molecule has 2 aromatic rings. The Hall–Kier alpha value is -2.16. The van der Waals surface area contributed by atoms with Crippen molar-refractivity contribution in [3.63, 3.8) is 0 Å². The highest BCUT2D eigenvalue weighted by atomic mass is 15.3. The molecule has 17 heavy (non-hydrogen) atoms. The molecule has 0 fully saturated rings. The number of allylic oxidation sites excluding steroid dienone is 4. The van der Waals surface area contributed by atoms with Gasteiger partial charge in [0.1, 0.15) is 0 Å². The lowest BCUT2D eigenvalue weighted by Crippen LogP contribution is -2.03. The molecule has 0 spiro atoms. The smallest absolute Gasteiger partial charge is 0.0831 e. The Kier molecular flexibility index (Phi) is 2.58. The van der Waals surface area contributed by atoms with E-state index in [1.165, 1.54) is 0 Å². The Morgan fingerprint density at radius 1 is 1.12 bits per heavy atom. The molecule has 1 aliphatic rings. The van der Waals surface area contributed by atoms with Crippen LogP contribution >= 0.6 is 0 Å². The lowest BCUT2D eigenvalue weighted by atomic mass is 10.1. The average molecular weight is 223 g/mol. The number of aromatic nitrogens is 3. The first-order valence-corrected chi connectivity index (χ1v) is 5.70. The summed E-state index contributed by atoms with van der Waals surface area (Å²) in [6, 6.07) is 7.99. The number of nitrogens with zero attached hydrogens (tertiary/aromatic N) is 3. The van der Waals surface area contributed by atoms with Crippen LogP contribution in [-0.4, -0.2) is 14.8 Å². The lowest BCUT2D eigenvalue weighted by molar-refractivity contribution is 0.659. The van der Waals surface area contributed by atoms with Gasteiger partial charge in [-0.05, 0) is 18.2 Å². The summed E-state index contributed by atoms with van der Waals surface area (Å²) in [4.78, 5) is 4.29. The molecule has 3 nitrogen and oxygen atoms in total. The highest BCUT2D eigenvalue weighted by Crippen LogP contribution is 2.20. The molecule has 0 saturated heterocycles. The standard InChI is InChI=1S/C14H13N3/c1-2-6-12(5-1)14-8-10-17(16-14)11-13-7-3-4-9-15-13/h1-10,12H,11H2. The molecule has 2 aromatic heterocycles. The van der Waals surface area contributed by atoms with E-state index in [1.54, 1.807) is 0 Å². The Bertz CT molecular complexity index is 540. The molecule has 0 radical (unpaired) electrons. The summed E-state index contributed by atoms with van der Waals surface area (Å²) >= 11 is 0. The van der Waals surface area contributed by atoms with Gasteiger partial charge in [0.2, 0.25) is 0 Å². The van der Waals surface area contributed by atoms with Gasteiger partial charge in [-0.2, -0.15) is 5.10 Å². The van der Waals surface area contributed by atoms with Crippen molar-refractivity contribution >= 4 is 0 Å². The van der Waals surface area contributed by atoms with E-state index in [4.69, 9.17) is 0 Å². The molecule has 0 N–H and O–H groups in total. The molecule has 0 atom stereocenters. The third-order valence-electron chi connectivity index (χ3n) is 2.80. The fourth-order valence-electron chi connectivity index (χ4n) is 1.93. The fraction of sp³-hybridized carbons (Fsp3) is 0.143. The topological polar surface area (TPSA) is 30.7 Å². The lowest BCUT2D eigenvalue weighted by Gasteiger charge is -2.02. The normalized spacial score (nSPS) is 14.6. The Balaban J connectivity index is 1.77. The largest absolute Gasteiger partial charge is 0.266 e. The molecule has 0 amide bonds. The monoisotopic (exact) mass is 223 g/mol. The van der Waals surface area contributed by atoms with E-state index in [-0.39, 0.29) is 0 Å². The van der Waals surface area contributed by atoms with E-state index < -0.39 is 0 Å². The summed E-state index contributed by atoms with van der Waals surface area (Å²) in [5, 5.41) is 4.56. The molecule has 0 aromatic carbocycles. The minimum absolute atomic E-state index is 0.333. The minimum atomic E-state index is 0.333. The molecule has 84 valence electrons. The SMILES string of the molecule is C1=CC(c2ccn(Cc3ccccn3)n2)C=C1. The van der Waals surface area contributed by atoms with E-state index >= 15 is 0 Å². The van der Waals surface area contributed by atoms with Crippen LogP contribution in [0.2, 0.25) is 0 Å². The third-order valence-corrected chi connectivity index (χ3v) is 2.80. The Labute approximate surface area is 100 Å². The van der Waals surface area contributed by atoms with Crippen molar-refractivity contribution in [2.45, 2.75) is 12.5 Å². The average Bonchev–Trinajstić information content (AvgIpc) is 3.00. The maximum Gasteiger partial charge on any atom is 0.0831 e. The van der Waals surface area contributed by atoms with Crippen molar-refractivity contribution < 1.29 is 0 Å². The van der Waals surface area contributed by atoms with Crippen LogP contribution in [0.3, 0.4) is 0 Å². The molecule has 1 aliphatic carbocycles. The summed E-state index contributed by atoms with van der Waals surface area (Å²) in [5.74, 6) is 0.333. The molecule has 0 aliphatic heterocycles. The number of rotatable bonds is 3. The first-order chi connectivity index (χ1) is 8.42. The predicted molar refractivity (Wildman–Crippen MR) is 66.6 cm³/mol. The second-order valence-electron chi connectivity index (χ2n) is 4.05. The van der Waals surface area contributed by atoms with Gasteiger partial charge in [-0.25, -0.2) is 0 Å². The van der Waals surface area contributed by atoms with Gasteiger partial charge in [0, 0.05) is 18.3 Å². The van der Waals surface area contributed by atoms with Crippen LogP contribution in [0.5, 0.6) is 0 Å². The summed E-state index contributed by atoms with van der Waals surface area (Å²) in [7, 11) is 0. The second kappa shape index (κ2) is 4.37.